The maximum atomic E-state index is 11.8. The molecule has 0 radical (unpaired) electrons. The quantitative estimate of drug-likeness (QED) is 0.272. The van der Waals surface area contributed by atoms with E-state index >= 15 is 0 Å². The van der Waals surface area contributed by atoms with Crippen LogP contribution in [0.2, 0.25) is 51.9 Å². The molecule has 0 aliphatic heterocycles. The van der Waals surface area contributed by atoms with E-state index in [0.717, 1.165) is 48.6 Å². The number of rotatable bonds is 11. The molecule has 1 heterocycles. The van der Waals surface area contributed by atoms with Crippen molar-refractivity contribution in [3.05, 3.63) is 40.2 Å². The zero-order chi connectivity index (χ0) is 23.4. The molecule has 0 saturated carbocycles. The van der Waals surface area contributed by atoms with Crippen molar-refractivity contribution in [2.24, 2.45) is 0 Å². The van der Waals surface area contributed by atoms with Gasteiger partial charge in [0, 0.05) is 36.3 Å². The highest BCUT2D eigenvalue weighted by Crippen LogP contribution is 2.27. The average molecular weight is 480 g/mol. The lowest BCUT2D eigenvalue weighted by atomic mass is 10.1. The molecule has 0 amide bonds. The predicted octanol–water partition coefficient (Wildman–Crippen LogP) is 6.48. The Morgan fingerprint density at radius 2 is 1.55 bits per heavy atom. The molecule has 2 rings (SSSR count). The zero-order valence-corrected chi connectivity index (χ0v) is 23.9. The van der Waals surface area contributed by atoms with Crippen LogP contribution in [0.25, 0.3) is 11.0 Å². The molecule has 0 aliphatic rings. The van der Waals surface area contributed by atoms with Gasteiger partial charge in [-0.05, 0) is 89.3 Å². The van der Waals surface area contributed by atoms with Crippen molar-refractivity contribution in [3.8, 4) is 0 Å². The molecule has 2 aromatic rings. The molecule has 0 aliphatic carbocycles. The first-order chi connectivity index (χ1) is 14.2. The highest BCUT2D eigenvalue weighted by molar-refractivity contribution is 6.87. The lowest BCUT2D eigenvalue weighted by Gasteiger charge is -2.39. The predicted molar refractivity (Wildman–Crippen MR) is 140 cm³/mol. The normalized spacial score (nSPS) is 13.1. The van der Waals surface area contributed by atoms with Crippen molar-refractivity contribution >= 4 is 41.9 Å². The first-order valence-corrected chi connectivity index (χ1v) is 20.8. The lowest BCUT2D eigenvalue weighted by Crippen LogP contribution is -2.52. The SMILES string of the molecule is CCCN(CCC[Si](C)(O[Si](C)(C)C)O[Si](C)(C)C)c1ccc2c(C)cc(=O)oc2c1. The van der Waals surface area contributed by atoms with Gasteiger partial charge in [-0.15, -0.1) is 0 Å². The van der Waals surface area contributed by atoms with Gasteiger partial charge < -0.3 is 17.5 Å². The zero-order valence-electron chi connectivity index (χ0n) is 20.9. The van der Waals surface area contributed by atoms with Gasteiger partial charge in [-0.1, -0.05) is 6.92 Å². The second-order valence-electron chi connectivity index (χ2n) is 10.6. The van der Waals surface area contributed by atoms with Crippen LogP contribution < -0.4 is 10.5 Å². The summed E-state index contributed by atoms with van der Waals surface area (Å²) in [4.78, 5) is 14.2. The maximum absolute atomic E-state index is 11.8. The Morgan fingerprint density at radius 3 is 2.10 bits per heavy atom. The summed E-state index contributed by atoms with van der Waals surface area (Å²) in [5.41, 5.74) is 2.42. The first-order valence-electron chi connectivity index (χ1n) is 11.4. The lowest BCUT2D eigenvalue weighted by molar-refractivity contribution is 0.381. The summed E-state index contributed by atoms with van der Waals surface area (Å²) in [5.74, 6) is 0. The number of benzene rings is 1. The van der Waals surface area contributed by atoms with Crippen LogP contribution >= 0.6 is 0 Å². The largest absolute Gasteiger partial charge is 0.437 e. The van der Waals surface area contributed by atoms with Gasteiger partial charge in [-0.25, -0.2) is 4.79 Å². The molecule has 174 valence electrons. The standard InChI is InChI=1S/C23H41NO4Si3/c1-10-14-24(20-12-13-21-19(2)17-23(25)26-22(21)18-20)15-11-16-31(9,27-29(3,4)5)28-30(6,7)8/h12-13,17-18H,10-11,14-16H2,1-9H3. The molecule has 0 atom stereocenters. The Kier molecular flexibility index (Phi) is 8.54. The number of aryl methyl sites for hydroxylation is 1. The Morgan fingerprint density at radius 1 is 0.935 bits per heavy atom. The molecule has 31 heavy (non-hydrogen) atoms. The third-order valence-corrected chi connectivity index (χ3v) is 14.5. The second-order valence-corrected chi connectivity index (χ2v) is 23.4. The molecular formula is C23H41NO4Si3. The summed E-state index contributed by atoms with van der Waals surface area (Å²) < 4.78 is 18.8. The van der Waals surface area contributed by atoms with Crippen molar-refractivity contribution < 1.29 is 12.6 Å². The van der Waals surface area contributed by atoms with E-state index in [0.29, 0.717) is 5.58 Å². The molecule has 1 aromatic heterocycles. The van der Waals surface area contributed by atoms with Gasteiger partial charge in [0.2, 0.25) is 0 Å². The monoisotopic (exact) mass is 479 g/mol. The molecule has 5 nitrogen and oxygen atoms in total. The Hall–Kier alpha value is -1.20. The van der Waals surface area contributed by atoms with Crippen molar-refractivity contribution in [2.75, 3.05) is 18.0 Å². The van der Waals surface area contributed by atoms with Crippen LogP contribution in [0.15, 0.2) is 33.5 Å². The van der Waals surface area contributed by atoms with E-state index < -0.39 is 25.2 Å². The fraction of sp³-hybridized carbons (Fsp3) is 0.609. The Bertz CT molecular complexity index is 915. The van der Waals surface area contributed by atoms with Crippen molar-refractivity contribution in [1.29, 1.82) is 0 Å². The summed E-state index contributed by atoms with van der Waals surface area (Å²) in [5, 5.41) is 0.992. The van der Waals surface area contributed by atoms with Crippen LogP contribution in [0.5, 0.6) is 0 Å². The molecule has 0 saturated heterocycles. The third kappa shape index (κ3) is 8.34. The van der Waals surface area contributed by atoms with Crippen LogP contribution in [-0.2, 0) is 8.23 Å². The van der Waals surface area contributed by atoms with E-state index in [2.05, 4.69) is 69.8 Å². The fourth-order valence-electron chi connectivity index (χ4n) is 4.16. The van der Waals surface area contributed by atoms with Crippen LogP contribution in [0.1, 0.15) is 25.3 Å². The average Bonchev–Trinajstić information content (AvgIpc) is 2.56. The first kappa shape index (κ1) is 26.1. The fourth-order valence-corrected chi connectivity index (χ4v) is 16.7. The second kappa shape index (κ2) is 10.2. The number of nitrogens with zero attached hydrogens (tertiary/aromatic N) is 1. The summed E-state index contributed by atoms with van der Waals surface area (Å²) in [6.07, 6.45) is 2.08. The highest BCUT2D eigenvalue weighted by Gasteiger charge is 2.39. The minimum Gasteiger partial charge on any atom is -0.437 e. The third-order valence-electron chi connectivity index (χ3n) is 4.90. The van der Waals surface area contributed by atoms with Gasteiger partial charge in [-0.2, -0.15) is 0 Å². The van der Waals surface area contributed by atoms with Gasteiger partial charge in [-0.3, -0.25) is 0 Å². The van der Waals surface area contributed by atoms with E-state index in [-0.39, 0.29) is 5.63 Å². The topological polar surface area (TPSA) is 51.9 Å². The molecule has 0 N–H and O–H groups in total. The van der Waals surface area contributed by atoms with Crippen LogP contribution in [0, 0.1) is 6.92 Å². The Labute approximate surface area is 191 Å². The summed E-state index contributed by atoms with van der Waals surface area (Å²) >= 11 is 0. The van der Waals surface area contributed by atoms with E-state index in [1.54, 1.807) is 6.07 Å². The smallest absolute Gasteiger partial charge is 0.336 e. The summed E-state index contributed by atoms with van der Waals surface area (Å²) in [7, 11) is -5.61. The molecule has 1 aromatic carbocycles. The maximum Gasteiger partial charge on any atom is 0.336 e. The van der Waals surface area contributed by atoms with Gasteiger partial charge in [0.1, 0.15) is 5.58 Å². The number of hydrogen-bond donors (Lipinski definition) is 0. The van der Waals surface area contributed by atoms with Crippen molar-refractivity contribution in [3.63, 3.8) is 0 Å². The minimum absolute atomic E-state index is 0.294. The molecule has 0 spiro atoms. The molecular weight excluding hydrogens is 439 g/mol. The molecule has 0 fully saturated rings. The van der Waals surface area contributed by atoms with Gasteiger partial charge in [0.05, 0.1) is 0 Å². The van der Waals surface area contributed by atoms with Crippen molar-refractivity contribution in [1.82, 2.24) is 0 Å². The number of fused-ring (bicyclic) bond motifs is 1. The highest BCUT2D eigenvalue weighted by atomic mass is 28.5. The van der Waals surface area contributed by atoms with E-state index in [1.807, 2.05) is 13.0 Å². The van der Waals surface area contributed by atoms with E-state index in [9.17, 15) is 4.79 Å². The summed E-state index contributed by atoms with van der Waals surface area (Å²) in [6, 6.07) is 8.75. The molecule has 8 heteroatoms. The van der Waals surface area contributed by atoms with Gasteiger partial charge >= 0.3 is 14.2 Å². The minimum atomic E-state index is -2.23. The van der Waals surface area contributed by atoms with Gasteiger partial charge in [0.25, 0.3) is 0 Å². The van der Waals surface area contributed by atoms with Crippen LogP contribution in [-0.4, -0.2) is 38.3 Å². The van der Waals surface area contributed by atoms with Crippen LogP contribution in [0.4, 0.5) is 5.69 Å². The number of hydrogen-bond acceptors (Lipinski definition) is 5. The summed E-state index contributed by atoms with van der Waals surface area (Å²) in [6.45, 7) is 21.8. The van der Waals surface area contributed by atoms with Crippen LogP contribution in [0.3, 0.4) is 0 Å². The Balaban J connectivity index is 2.19. The molecule has 0 unspecified atom stereocenters. The van der Waals surface area contributed by atoms with E-state index in [1.165, 1.54) is 0 Å². The molecule has 0 bridgehead atoms. The van der Waals surface area contributed by atoms with Gasteiger partial charge in [0.15, 0.2) is 16.6 Å². The van der Waals surface area contributed by atoms with E-state index in [4.69, 9.17) is 12.6 Å². The van der Waals surface area contributed by atoms with Crippen molar-refractivity contribution in [2.45, 2.75) is 78.6 Å². The number of anilines is 1.